The highest BCUT2D eigenvalue weighted by molar-refractivity contribution is 5.87. The molecule has 0 N–H and O–H groups in total. The summed E-state index contributed by atoms with van der Waals surface area (Å²) < 4.78 is 12.3. The molecule has 5 nitrogen and oxygen atoms in total. The molecule has 20 heavy (non-hydrogen) atoms. The lowest BCUT2D eigenvalue weighted by Crippen LogP contribution is -2.18. The number of aromatic nitrogens is 2. The zero-order valence-electron chi connectivity index (χ0n) is 11.3. The van der Waals surface area contributed by atoms with E-state index in [-0.39, 0.29) is 6.10 Å². The van der Waals surface area contributed by atoms with Crippen molar-refractivity contribution in [3.8, 4) is 5.69 Å². The van der Waals surface area contributed by atoms with Crippen LogP contribution in [0.25, 0.3) is 5.69 Å². The summed E-state index contributed by atoms with van der Waals surface area (Å²) in [5, 5.41) is 4.32. The van der Waals surface area contributed by atoms with E-state index in [1.165, 1.54) is 0 Å². The third kappa shape index (κ3) is 2.58. The third-order valence-corrected chi connectivity index (χ3v) is 3.26. The van der Waals surface area contributed by atoms with Crippen molar-refractivity contribution in [3.63, 3.8) is 0 Å². The van der Waals surface area contributed by atoms with E-state index in [9.17, 15) is 4.79 Å². The molecule has 1 aliphatic heterocycles. The van der Waals surface area contributed by atoms with Gasteiger partial charge in [0.25, 0.3) is 0 Å². The predicted molar refractivity (Wildman–Crippen MR) is 72.9 cm³/mol. The number of hydrogen-bond donors (Lipinski definition) is 0. The van der Waals surface area contributed by atoms with Gasteiger partial charge < -0.3 is 9.47 Å². The molecule has 0 saturated carbocycles. The highest BCUT2D eigenvalue weighted by Gasteiger charge is 2.22. The summed E-state index contributed by atoms with van der Waals surface area (Å²) in [6, 6.07) is 11.4. The zero-order chi connectivity index (χ0) is 13.9. The molecule has 1 fully saturated rings. The van der Waals surface area contributed by atoms with E-state index in [1.54, 1.807) is 10.7 Å². The molecule has 0 bridgehead atoms. The first-order valence-electron chi connectivity index (χ1n) is 6.65. The fraction of sp³-hybridized carbons (Fsp3) is 0.333. The van der Waals surface area contributed by atoms with Gasteiger partial charge in [0.15, 0.2) is 5.69 Å². The van der Waals surface area contributed by atoms with Crippen LogP contribution in [0.15, 0.2) is 36.4 Å². The van der Waals surface area contributed by atoms with Crippen molar-refractivity contribution in [2.24, 2.45) is 0 Å². The van der Waals surface area contributed by atoms with E-state index in [1.807, 2.05) is 37.3 Å². The molecular weight excluding hydrogens is 256 g/mol. The second-order valence-electron chi connectivity index (χ2n) is 4.81. The van der Waals surface area contributed by atoms with Gasteiger partial charge in [0.1, 0.15) is 6.10 Å². The fourth-order valence-electron chi connectivity index (χ4n) is 2.22. The van der Waals surface area contributed by atoms with Gasteiger partial charge in [0.2, 0.25) is 0 Å². The number of hydrogen-bond acceptors (Lipinski definition) is 4. The molecule has 1 unspecified atom stereocenters. The Labute approximate surface area is 117 Å². The Hall–Kier alpha value is -2.14. The predicted octanol–water partition coefficient (Wildman–Crippen LogP) is 2.13. The summed E-state index contributed by atoms with van der Waals surface area (Å²) in [7, 11) is 0. The first-order chi connectivity index (χ1) is 9.74. The maximum absolute atomic E-state index is 12.0. The van der Waals surface area contributed by atoms with E-state index in [0.717, 1.165) is 17.8 Å². The molecule has 1 saturated heterocycles. The number of nitrogens with zero attached hydrogens (tertiary/aromatic N) is 2. The lowest BCUT2D eigenvalue weighted by Gasteiger charge is -2.08. The van der Waals surface area contributed by atoms with Crippen molar-refractivity contribution in [3.05, 3.63) is 47.8 Å². The minimum Gasteiger partial charge on any atom is -0.455 e. The van der Waals surface area contributed by atoms with Gasteiger partial charge >= 0.3 is 5.97 Å². The number of benzene rings is 1. The van der Waals surface area contributed by atoms with Gasteiger partial charge in [0.05, 0.1) is 18.9 Å². The van der Waals surface area contributed by atoms with Crippen LogP contribution in [0.3, 0.4) is 0 Å². The van der Waals surface area contributed by atoms with Gasteiger partial charge in [-0.25, -0.2) is 9.48 Å². The number of ether oxygens (including phenoxy) is 2. The van der Waals surface area contributed by atoms with E-state index >= 15 is 0 Å². The maximum Gasteiger partial charge on any atom is 0.359 e. The molecule has 2 heterocycles. The van der Waals surface area contributed by atoms with Gasteiger partial charge in [-0.15, -0.1) is 0 Å². The SMILES string of the molecule is Cc1cc(C(=O)OC2CCOC2)nn1-c1ccccc1. The number of carbonyl (C=O) groups is 1. The normalized spacial score (nSPS) is 18.1. The van der Waals surface area contributed by atoms with Crippen molar-refractivity contribution in [1.82, 2.24) is 9.78 Å². The minimum atomic E-state index is -0.390. The monoisotopic (exact) mass is 272 g/mol. The molecule has 104 valence electrons. The molecule has 5 heteroatoms. The number of aryl methyl sites for hydroxylation is 1. The highest BCUT2D eigenvalue weighted by atomic mass is 16.6. The van der Waals surface area contributed by atoms with Crippen molar-refractivity contribution >= 4 is 5.97 Å². The summed E-state index contributed by atoms with van der Waals surface area (Å²) in [6.07, 6.45) is 0.606. The van der Waals surface area contributed by atoms with Crippen molar-refractivity contribution in [2.45, 2.75) is 19.4 Å². The quantitative estimate of drug-likeness (QED) is 0.803. The minimum absolute atomic E-state index is 0.148. The average molecular weight is 272 g/mol. The first-order valence-corrected chi connectivity index (χ1v) is 6.65. The Bertz CT molecular complexity index is 601. The second kappa shape index (κ2) is 5.46. The van der Waals surface area contributed by atoms with Crippen LogP contribution < -0.4 is 0 Å². The van der Waals surface area contributed by atoms with Gasteiger partial charge in [-0.3, -0.25) is 0 Å². The summed E-state index contributed by atoms with van der Waals surface area (Å²) in [4.78, 5) is 12.0. The van der Waals surface area contributed by atoms with Crippen LogP contribution >= 0.6 is 0 Å². The van der Waals surface area contributed by atoms with Crippen LogP contribution in [0, 0.1) is 6.92 Å². The molecule has 2 aromatic rings. The van der Waals surface area contributed by atoms with Crippen molar-refractivity contribution in [2.75, 3.05) is 13.2 Å². The van der Waals surface area contributed by atoms with Gasteiger partial charge in [-0.2, -0.15) is 5.10 Å². The van der Waals surface area contributed by atoms with Crippen LogP contribution in [0.4, 0.5) is 0 Å². The fourth-order valence-corrected chi connectivity index (χ4v) is 2.22. The largest absolute Gasteiger partial charge is 0.455 e. The zero-order valence-corrected chi connectivity index (χ0v) is 11.3. The van der Waals surface area contributed by atoms with E-state index in [0.29, 0.717) is 18.9 Å². The second-order valence-corrected chi connectivity index (χ2v) is 4.81. The lowest BCUT2D eigenvalue weighted by atomic mass is 10.3. The topological polar surface area (TPSA) is 53.4 Å². The van der Waals surface area contributed by atoms with Gasteiger partial charge in [-0.1, -0.05) is 18.2 Å². The Morgan fingerprint density at radius 1 is 1.40 bits per heavy atom. The Balaban J connectivity index is 1.79. The molecule has 0 radical (unpaired) electrons. The Morgan fingerprint density at radius 3 is 2.90 bits per heavy atom. The Kier molecular flexibility index (Phi) is 3.52. The summed E-state index contributed by atoms with van der Waals surface area (Å²) in [5.41, 5.74) is 2.15. The number of para-hydroxylation sites is 1. The molecular formula is C15H16N2O3. The van der Waals surface area contributed by atoms with E-state index in [4.69, 9.17) is 9.47 Å². The number of rotatable bonds is 3. The number of esters is 1. The van der Waals surface area contributed by atoms with Crippen LogP contribution in [-0.2, 0) is 9.47 Å². The first kappa shape index (κ1) is 12.9. The van der Waals surface area contributed by atoms with Crippen LogP contribution in [-0.4, -0.2) is 35.1 Å². The third-order valence-electron chi connectivity index (χ3n) is 3.26. The molecule has 1 aromatic heterocycles. The summed E-state index contributed by atoms with van der Waals surface area (Å²) in [5.74, 6) is -0.390. The van der Waals surface area contributed by atoms with Crippen LogP contribution in [0.5, 0.6) is 0 Å². The molecule has 0 spiro atoms. The van der Waals surface area contributed by atoms with Crippen LogP contribution in [0.2, 0.25) is 0 Å². The standard InChI is InChI=1S/C15H16N2O3/c1-11-9-14(15(18)20-13-7-8-19-10-13)16-17(11)12-5-3-2-4-6-12/h2-6,9,13H,7-8,10H2,1H3. The molecule has 1 aliphatic rings. The summed E-state index contributed by atoms with van der Waals surface area (Å²) in [6.45, 7) is 3.04. The maximum atomic E-state index is 12.0. The highest BCUT2D eigenvalue weighted by Crippen LogP contribution is 2.15. The van der Waals surface area contributed by atoms with Crippen molar-refractivity contribution < 1.29 is 14.3 Å². The summed E-state index contributed by atoms with van der Waals surface area (Å²) >= 11 is 0. The van der Waals surface area contributed by atoms with Gasteiger partial charge in [-0.05, 0) is 25.1 Å². The van der Waals surface area contributed by atoms with E-state index < -0.39 is 5.97 Å². The smallest absolute Gasteiger partial charge is 0.359 e. The lowest BCUT2D eigenvalue weighted by molar-refractivity contribution is 0.0263. The van der Waals surface area contributed by atoms with Crippen molar-refractivity contribution in [1.29, 1.82) is 0 Å². The molecule has 0 amide bonds. The average Bonchev–Trinajstić information content (AvgIpc) is 3.09. The molecule has 1 aromatic carbocycles. The molecule has 0 aliphatic carbocycles. The van der Waals surface area contributed by atoms with Gasteiger partial charge in [0, 0.05) is 12.1 Å². The van der Waals surface area contributed by atoms with Crippen LogP contribution in [0.1, 0.15) is 22.6 Å². The van der Waals surface area contributed by atoms with E-state index in [2.05, 4.69) is 5.10 Å². The molecule has 1 atom stereocenters. The Morgan fingerprint density at radius 2 is 2.20 bits per heavy atom. The number of carbonyl (C=O) groups excluding carboxylic acids is 1. The molecule has 3 rings (SSSR count).